The summed E-state index contributed by atoms with van der Waals surface area (Å²) in [6, 6.07) is 11.9. The van der Waals surface area contributed by atoms with E-state index in [1.807, 2.05) is 30.1 Å². The lowest BCUT2D eigenvalue weighted by molar-refractivity contribution is -0.117. The van der Waals surface area contributed by atoms with E-state index in [0.717, 1.165) is 31.2 Å². The Morgan fingerprint density at radius 1 is 1.03 bits per heavy atom. The Morgan fingerprint density at radius 2 is 1.71 bits per heavy atom. The highest BCUT2D eigenvalue weighted by Gasteiger charge is 2.26. The maximum Gasteiger partial charge on any atom is 0.243 e. The third-order valence-corrected chi connectivity index (χ3v) is 7.82. The number of benzene rings is 2. The molecule has 1 fully saturated rings. The number of halogens is 2. The zero-order valence-corrected chi connectivity index (χ0v) is 19.8. The van der Waals surface area contributed by atoms with Crippen molar-refractivity contribution in [1.29, 1.82) is 0 Å². The van der Waals surface area contributed by atoms with E-state index in [1.165, 1.54) is 22.5 Å². The minimum Gasteiger partial charge on any atom is -0.324 e. The van der Waals surface area contributed by atoms with Crippen LogP contribution in [0.15, 0.2) is 47.4 Å². The van der Waals surface area contributed by atoms with Crippen molar-refractivity contribution >= 4 is 44.8 Å². The van der Waals surface area contributed by atoms with Crippen LogP contribution < -0.4 is 5.32 Å². The number of hydrogen-bond donors (Lipinski definition) is 1. The van der Waals surface area contributed by atoms with Gasteiger partial charge in [0.1, 0.15) is 0 Å². The zero-order chi connectivity index (χ0) is 22.4. The molecule has 168 valence electrons. The third-order valence-electron chi connectivity index (χ3n) is 5.23. The molecule has 1 amide bonds. The van der Waals surface area contributed by atoms with Crippen LogP contribution in [0.25, 0.3) is 0 Å². The molecule has 2 aromatic rings. The fourth-order valence-electron chi connectivity index (χ4n) is 3.60. The van der Waals surface area contributed by atoms with E-state index < -0.39 is 10.0 Å². The summed E-state index contributed by atoms with van der Waals surface area (Å²) < 4.78 is 27.6. The molecule has 1 saturated heterocycles. The molecule has 0 radical (unpaired) electrons. The fraction of sp³-hybridized carbons (Fsp3) is 0.409. The Kier molecular flexibility index (Phi) is 8.36. The van der Waals surface area contributed by atoms with Gasteiger partial charge in [-0.1, -0.05) is 54.2 Å². The number of carbonyl (C=O) groups excluding carboxylic acids is 1. The Labute approximate surface area is 194 Å². The van der Waals surface area contributed by atoms with Crippen LogP contribution in [0.5, 0.6) is 0 Å². The van der Waals surface area contributed by atoms with Crippen LogP contribution in [-0.4, -0.2) is 50.2 Å². The van der Waals surface area contributed by atoms with Crippen molar-refractivity contribution in [3.05, 3.63) is 58.1 Å². The predicted molar refractivity (Wildman–Crippen MR) is 125 cm³/mol. The van der Waals surface area contributed by atoms with Gasteiger partial charge in [0, 0.05) is 24.7 Å². The second-order valence-electron chi connectivity index (χ2n) is 7.77. The molecule has 0 atom stereocenters. The standard InChI is InChI=1S/C22H27Cl2N3O3S/c1-26(15-17-8-4-5-9-19(17)23)16-22(28)25-21-14-18(10-11-20(21)24)31(29,30)27-12-6-2-3-7-13-27/h4-5,8-11,14H,2-3,6-7,12-13,15-16H2,1H3,(H,25,28). The average Bonchev–Trinajstić information content (AvgIpc) is 3.01. The molecule has 1 heterocycles. The minimum absolute atomic E-state index is 0.102. The quantitative estimate of drug-likeness (QED) is 0.622. The second-order valence-corrected chi connectivity index (χ2v) is 10.5. The van der Waals surface area contributed by atoms with Crippen molar-refractivity contribution in [3.63, 3.8) is 0 Å². The van der Waals surface area contributed by atoms with Gasteiger partial charge in [0.25, 0.3) is 0 Å². The molecule has 2 aromatic carbocycles. The van der Waals surface area contributed by atoms with Crippen molar-refractivity contribution in [1.82, 2.24) is 9.21 Å². The van der Waals surface area contributed by atoms with E-state index in [1.54, 1.807) is 6.07 Å². The van der Waals surface area contributed by atoms with Gasteiger partial charge < -0.3 is 5.32 Å². The summed E-state index contributed by atoms with van der Waals surface area (Å²) in [4.78, 5) is 14.5. The van der Waals surface area contributed by atoms with Crippen LogP contribution in [0.4, 0.5) is 5.69 Å². The van der Waals surface area contributed by atoms with Crippen LogP contribution in [0.1, 0.15) is 31.2 Å². The number of likely N-dealkylation sites (N-methyl/N-ethyl adjacent to an activating group) is 1. The summed E-state index contributed by atoms with van der Waals surface area (Å²) in [6.07, 6.45) is 3.79. The van der Waals surface area contributed by atoms with Gasteiger partial charge in [-0.3, -0.25) is 9.69 Å². The van der Waals surface area contributed by atoms with Gasteiger partial charge in [-0.25, -0.2) is 8.42 Å². The Balaban J connectivity index is 1.68. The smallest absolute Gasteiger partial charge is 0.243 e. The molecule has 0 unspecified atom stereocenters. The SMILES string of the molecule is CN(CC(=O)Nc1cc(S(=O)(=O)N2CCCCCC2)ccc1Cl)Cc1ccccc1Cl. The molecule has 1 N–H and O–H groups in total. The first-order valence-electron chi connectivity index (χ1n) is 10.3. The number of anilines is 1. The predicted octanol–water partition coefficient (Wildman–Crippen LogP) is 4.63. The molecule has 3 rings (SSSR count). The van der Waals surface area contributed by atoms with E-state index in [9.17, 15) is 13.2 Å². The molecule has 9 heteroatoms. The van der Waals surface area contributed by atoms with Gasteiger partial charge in [0.15, 0.2) is 0 Å². The van der Waals surface area contributed by atoms with Crippen LogP contribution in [-0.2, 0) is 21.4 Å². The Hall–Kier alpha value is -1.64. The van der Waals surface area contributed by atoms with E-state index in [2.05, 4.69) is 5.32 Å². The van der Waals surface area contributed by atoms with Crippen molar-refractivity contribution < 1.29 is 13.2 Å². The van der Waals surface area contributed by atoms with Gasteiger partial charge in [-0.15, -0.1) is 0 Å². The molecule has 1 aliphatic heterocycles. The molecule has 6 nitrogen and oxygen atoms in total. The molecule has 0 bridgehead atoms. The van der Waals surface area contributed by atoms with Crippen LogP contribution >= 0.6 is 23.2 Å². The van der Waals surface area contributed by atoms with Crippen LogP contribution in [0, 0.1) is 0 Å². The highest BCUT2D eigenvalue weighted by atomic mass is 35.5. The molecular formula is C22H27Cl2N3O3S. The molecule has 0 saturated carbocycles. The third kappa shape index (κ3) is 6.43. The van der Waals surface area contributed by atoms with Crippen LogP contribution in [0.2, 0.25) is 10.0 Å². The van der Waals surface area contributed by atoms with Crippen molar-refractivity contribution in [2.45, 2.75) is 37.1 Å². The lowest BCUT2D eigenvalue weighted by Crippen LogP contribution is -2.32. The molecular weight excluding hydrogens is 457 g/mol. The molecule has 0 spiro atoms. The van der Waals surface area contributed by atoms with Gasteiger partial charge in [-0.05, 0) is 49.7 Å². The normalized spacial score (nSPS) is 15.6. The van der Waals surface area contributed by atoms with Gasteiger partial charge >= 0.3 is 0 Å². The van der Waals surface area contributed by atoms with E-state index in [0.29, 0.717) is 24.7 Å². The Morgan fingerprint density at radius 3 is 2.39 bits per heavy atom. The number of nitrogens with one attached hydrogen (secondary N) is 1. The van der Waals surface area contributed by atoms with E-state index in [-0.39, 0.29) is 28.1 Å². The summed E-state index contributed by atoms with van der Waals surface area (Å²) in [5.41, 5.74) is 1.21. The molecule has 1 aliphatic rings. The van der Waals surface area contributed by atoms with Crippen molar-refractivity contribution in [3.8, 4) is 0 Å². The fourth-order valence-corrected chi connectivity index (χ4v) is 5.50. The number of nitrogens with zero attached hydrogens (tertiary/aromatic N) is 2. The second kappa shape index (κ2) is 10.8. The topological polar surface area (TPSA) is 69.7 Å². The van der Waals surface area contributed by atoms with Crippen molar-refractivity contribution in [2.24, 2.45) is 0 Å². The number of amides is 1. The average molecular weight is 484 g/mol. The number of hydrogen-bond acceptors (Lipinski definition) is 4. The highest BCUT2D eigenvalue weighted by molar-refractivity contribution is 7.89. The maximum absolute atomic E-state index is 13.1. The summed E-state index contributed by atoms with van der Waals surface area (Å²) in [5.74, 6) is -0.291. The molecule has 31 heavy (non-hydrogen) atoms. The lowest BCUT2D eigenvalue weighted by atomic mass is 10.2. The number of rotatable bonds is 7. The summed E-state index contributed by atoms with van der Waals surface area (Å²) in [7, 11) is -1.82. The molecule has 0 aliphatic carbocycles. The summed E-state index contributed by atoms with van der Waals surface area (Å²) >= 11 is 12.4. The molecule has 0 aromatic heterocycles. The number of carbonyl (C=O) groups is 1. The first-order chi connectivity index (χ1) is 14.8. The summed E-state index contributed by atoms with van der Waals surface area (Å²) in [6.45, 7) is 1.63. The monoisotopic (exact) mass is 483 g/mol. The largest absolute Gasteiger partial charge is 0.324 e. The first-order valence-corrected chi connectivity index (χ1v) is 12.5. The van der Waals surface area contributed by atoms with Gasteiger partial charge in [0.05, 0.1) is 22.2 Å². The highest BCUT2D eigenvalue weighted by Crippen LogP contribution is 2.28. The van der Waals surface area contributed by atoms with E-state index in [4.69, 9.17) is 23.2 Å². The van der Waals surface area contributed by atoms with Crippen molar-refractivity contribution in [2.75, 3.05) is 32.0 Å². The Bertz CT molecular complexity index is 1020. The first kappa shape index (κ1) is 24.0. The lowest BCUT2D eigenvalue weighted by Gasteiger charge is -2.21. The van der Waals surface area contributed by atoms with E-state index >= 15 is 0 Å². The van der Waals surface area contributed by atoms with Gasteiger partial charge in [0.2, 0.25) is 15.9 Å². The minimum atomic E-state index is -3.63. The number of sulfonamides is 1. The van der Waals surface area contributed by atoms with Crippen LogP contribution in [0.3, 0.4) is 0 Å². The zero-order valence-electron chi connectivity index (χ0n) is 17.5. The van der Waals surface area contributed by atoms with Gasteiger partial charge in [-0.2, -0.15) is 4.31 Å². The maximum atomic E-state index is 13.1. The summed E-state index contributed by atoms with van der Waals surface area (Å²) in [5, 5.41) is 3.67.